The third-order valence-corrected chi connectivity index (χ3v) is 4.61. The van der Waals surface area contributed by atoms with E-state index < -0.39 is 0 Å². The standard InChI is InChI=1S/C12H12ClN5S/c13-11-10(7-14)12(19-16-11)17-5-1-3-9(8-17)18-6-2-4-15-18/h2,4,6,9H,1,3,5,8H2. The van der Waals surface area contributed by atoms with Crippen molar-refractivity contribution in [2.24, 2.45) is 0 Å². The molecule has 1 aliphatic rings. The first-order valence-electron chi connectivity index (χ1n) is 6.09. The summed E-state index contributed by atoms with van der Waals surface area (Å²) < 4.78 is 6.06. The summed E-state index contributed by atoms with van der Waals surface area (Å²) in [6, 6.07) is 4.42. The van der Waals surface area contributed by atoms with E-state index in [4.69, 9.17) is 16.9 Å². The number of aromatic nitrogens is 3. The smallest absolute Gasteiger partial charge is 0.162 e. The van der Waals surface area contributed by atoms with E-state index in [0.29, 0.717) is 16.8 Å². The minimum absolute atomic E-state index is 0.309. The fraction of sp³-hybridized carbons (Fsp3) is 0.417. The molecule has 1 fully saturated rings. The van der Waals surface area contributed by atoms with Crippen molar-refractivity contribution in [3.63, 3.8) is 0 Å². The maximum Gasteiger partial charge on any atom is 0.162 e. The zero-order valence-corrected chi connectivity index (χ0v) is 11.7. The van der Waals surface area contributed by atoms with Gasteiger partial charge in [0.1, 0.15) is 16.6 Å². The Bertz CT molecular complexity index is 600. The Hall–Kier alpha value is -1.58. The van der Waals surface area contributed by atoms with Crippen molar-refractivity contribution in [3.05, 3.63) is 29.2 Å². The van der Waals surface area contributed by atoms with Gasteiger partial charge in [-0.2, -0.15) is 14.7 Å². The van der Waals surface area contributed by atoms with Crippen LogP contribution in [0.3, 0.4) is 0 Å². The molecule has 0 aliphatic carbocycles. The number of piperidine rings is 1. The van der Waals surface area contributed by atoms with Gasteiger partial charge >= 0.3 is 0 Å². The summed E-state index contributed by atoms with van der Waals surface area (Å²) in [4.78, 5) is 2.19. The number of hydrogen-bond acceptors (Lipinski definition) is 5. The number of nitrogens with zero attached hydrogens (tertiary/aromatic N) is 5. The molecule has 2 aromatic heterocycles. The Morgan fingerprint density at radius 2 is 2.42 bits per heavy atom. The summed E-state index contributed by atoms with van der Waals surface area (Å²) in [5.41, 5.74) is 0.493. The Morgan fingerprint density at radius 3 is 3.16 bits per heavy atom. The molecule has 1 atom stereocenters. The molecule has 0 N–H and O–H groups in total. The van der Waals surface area contributed by atoms with E-state index in [1.807, 2.05) is 16.9 Å². The first kappa shape index (κ1) is 12.5. The number of hydrogen-bond donors (Lipinski definition) is 0. The van der Waals surface area contributed by atoms with Gasteiger partial charge in [-0.15, -0.1) is 0 Å². The first-order chi connectivity index (χ1) is 9.29. The van der Waals surface area contributed by atoms with E-state index in [1.54, 1.807) is 6.20 Å². The topological polar surface area (TPSA) is 57.7 Å². The average Bonchev–Trinajstić information content (AvgIpc) is 3.08. The van der Waals surface area contributed by atoms with Crippen molar-refractivity contribution in [1.29, 1.82) is 5.26 Å². The van der Waals surface area contributed by atoms with E-state index >= 15 is 0 Å². The van der Waals surface area contributed by atoms with Crippen molar-refractivity contribution in [2.75, 3.05) is 18.0 Å². The lowest BCUT2D eigenvalue weighted by atomic mass is 10.1. The minimum Gasteiger partial charge on any atom is -0.359 e. The van der Waals surface area contributed by atoms with Gasteiger partial charge in [-0.05, 0) is 30.4 Å². The number of rotatable bonds is 2. The van der Waals surface area contributed by atoms with E-state index in [9.17, 15) is 0 Å². The minimum atomic E-state index is 0.309. The molecule has 0 aromatic carbocycles. The summed E-state index contributed by atoms with van der Waals surface area (Å²) in [6.45, 7) is 1.78. The lowest BCUT2D eigenvalue weighted by Gasteiger charge is -2.33. The fourth-order valence-electron chi connectivity index (χ4n) is 2.42. The lowest BCUT2D eigenvalue weighted by Crippen LogP contribution is -2.36. The lowest BCUT2D eigenvalue weighted by molar-refractivity contribution is 0.377. The molecular formula is C12H12ClN5S. The predicted molar refractivity (Wildman–Crippen MR) is 74.6 cm³/mol. The van der Waals surface area contributed by atoms with Crippen LogP contribution in [0.25, 0.3) is 0 Å². The third kappa shape index (κ3) is 2.31. The highest BCUT2D eigenvalue weighted by molar-refractivity contribution is 7.10. The van der Waals surface area contributed by atoms with Gasteiger partial charge in [-0.3, -0.25) is 4.68 Å². The van der Waals surface area contributed by atoms with Gasteiger partial charge in [0.25, 0.3) is 0 Å². The first-order valence-corrected chi connectivity index (χ1v) is 7.24. The normalized spacial score (nSPS) is 19.4. The molecule has 3 rings (SSSR count). The average molecular weight is 294 g/mol. The summed E-state index contributed by atoms with van der Waals surface area (Å²) in [7, 11) is 0. The maximum atomic E-state index is 9.16. The van der Waals surface area contributed by atoms with E-state index in [-0.39, 0.29) is 0 Å². The van der Waals surface area contributed by atoms with Crippen LogP contribution in [0.5, 0.6) is 0 Å². The van der Waals surface area contributed by atoms with Crippen LogP contribution in [0.15, 0.2) is 18.5 Å². The summed E-state index contributed by atoms with van der Waals surface area (Å²) in [6.07, 6.45) is 5.96. The Morgan fingerprint density at radius 1 is 1.53 bits per heavy atom. The van der Waals surface area contributed by atoms with Gasteiger partial charge in [0.2, 0.25) is 0 Å². The fourth-order valence-corrected chi connectivity index (χ4v) is 3.49. The van der Waals surface area contributed by atoms with E-state index in [1.165, 1.54) is 11.5 Å². The second-order valence-corrected chi connectivity index (χ2v) is 5.60. The number of nitriles is 1. The summed E-state index contributed by atoms with van der Waals surface area (Å²) in [5.74, 6) is 0. The second kappa shape index (κ2) is 5.19. The SMILES string of the molecule is N#Cc1c(Cl)nsc1N1CCCC(n2cccn2)C1. The molecule has 7 heteroatoms. The van der Waals surface area contributed by atoms with Crippen LogP contribution in [0.1, 0.15) is 24.4 Å². The molecule has 3 heterocycles. The van der Waals surface area contributed by atoms with Gasteiger partial charge in [0.15, 0.2) is 5.15 Å². The molecule has 5 nitrogen and oxygen atoms in total. The summed E-state index contributed by atoms with van der Waals surface area (Å²) >= 11 is 7.23. The van der Waals surface area contributed by atoms with Crippen LogP contribution in [0.2, 0.25) is 5.15 Å². The van der Waals surface area contributed by atoms with Crippen molar-refractivity contribution in [2.45, 2.75) is 18.9 Å². The molecule has 0 saturated carbocycles. The molecule has 0 spiro atoms. The van der Waals surface area contributed by atoms with Crippen molar-refractivity contribution in [3.8, 4) is 6.07 Å². The molecule has 1 unspecified atom stereocenters. The second-order valence-electron chi connectivity index (χ2n) is 4.49. The van der Waals surface area contributed by atoms with Crippen LogP contribution < -0.4 is 4.90 Å². The van der Waals surface area contributed by atoms with Crippen LogP contribution in [-0.2, 0) is 0 Å². The predicted octanol–water partition coefficient (Wildman–Crippen LogP) is 2.71. The van der Waals surface area contributed by atoms with Crippen LogP contribution in [0, 0.1) is 11.3 Å². The molecule has 98 valence electrons. The number of anilines is 1. The van der Waals surface area contributed by atoms with Crippen LogP contribution >= 0.6 is 23.1 Å². The highest BCUT2D eigenvalue weighted by Gasteiger charge is 2.25. The largest absolute Gasteiger partial charge is 0.359 e. The molecule has 19 heavy (non-hydrogen) atoms. The van der Waals surface area contributed by atoms with Gasteiger partial charge < -0.3 is 4.90 Å². The van der Waals surface area contributed by atoms with Crippen LogP contribution in [0.4, 0.5) is 5.00 Å². The highest BCUT2D eigenvalue weighted by atomic mass is 35.5. The summed E-state index contributed by atoms with van der Waals surface area (Å²) in [5, 5.41) is 14.6. The monoisotopic (exact) mass is 293 g/mol. The van der Waals surface area contributed by atoms with Crippen molar-refractivity contribution < 1.29 is 0 Å². The van der Waals surface area contributed by atoms with Gasteiger partial charge in [0.05, 0.1) is 6.04 Å². The zero-order chi connectivity index (χ0) is 13.2. The molecule has 0 amide bonds. The Balaban J connectivity index is 1.84. The third-order valence-electron chi connectivity index (χ3n) is 3.33. The van der Waals surface area contributed by atoms with Crippen molar-refractivity contribution in [1.82, 2.24) is 14.2 Å². The van der Waals surface area contributed by atoms with Gasteiger partial charge in [-0.1, -0.05) is 11.6 Å². The molecule has 1 saturated heterocycles. The van der Waals surface area contributed by atoms with Crippen LogP contribution in [-0.4, -0.2) is 27.2 Å². The van der Waals surface area contributed by atoms with E-state index in [0.717, 1.165) is 30.9 Å². The van der Waals surface area contributed by atoms with Gasteiger partial charge in [-0.25, -0.2) is 0 Å². The maximum absolute atomic E-state index is 9.16. The molecule has 2 aromatic rings. The van der Waals surface area contributed by atoms with Crippen molar-refractivity contribution >= 4 is 28.1 Å². The molecule has 1 aliphatic heterocycles. The van der Waals surface area contributed by atoms with Gasteiger partial charge in [0, 0.05) is 25.5 Å². The number of halogens is 1. The Labute approximate surface area is 120 Å². The molecule has 0 radical (unpaired) electrons. The highest BCUT2D eigenvalue weighted by Crippen LogP contribution is 2.34. The molecular weight excluding hydrogens is 282 g/mol. The Kier molecular flexibility index (Phi) is 3.40. The van der Waals surface area contributed by atoms with E-state index in [2.05, 4.69) is 20.4 Å². The zero-order valence-electron chi connectivity index (χ0n) is 10.2. The quantitative estimate of drug-likeness (QED) is 0.854. The molecule has 0 bridgehead atoms.